The van der Waals surface area contributed by atoms with Gasteiger partial charge in [-0.05, 0) is 24.6 Å². The van der Waals surface area contributed by atoms with Crippen molar-refractivity contribution in [2.75, 3.05) is 0 Å². The van der Waals surface area contributed by atoms with Crippen molar-refractivity contribution in [1.82, 2.24) is 9.38 Å². The van der Waals surface area contributed by atoms with E-state index in [1.165, 1.54) is 0 Å². The summed E-state index contributed by atoms with van der Waals surface area (Å²) in [6, 6.07) is 5.91. The number of nitriles is 1. The second-order valence-electron chi connectivity index (χ2n) is 2.69. The van der Waals surface area contributed by atoms with Crippen molar-refractivity contribution >= 4 is 5.65 Å². The smallest absolute Gasteiger partial charge is 0.137 e. The highest BCUT2D eigenvalue weighted by molar-refractivity contribution is 5.46. The van der Waals surface area contributed by atoms with Gasteiger partial charge in [-0.25, -0.2) is 4.98 Å². The molecule has 2 aromatic rings. The standard InChI is InChI=1S/C9H7N3/c1-7-4-8(6-10)12-3-2-11-9(12)5-7/h2-5H,1H3. The summed E-state index contributed by atoms with van der Waals surface area (Å²) < 4.78 is 1.77. The first kappa shape index (κ1) is 6.86. The number of aromatic nitrogens is 2. The molecular formula is C9H7N3. The van der Waals surface area contributed by atoms with E-state index in [0.29, 0.717) is 5.69 Å². The number of hydrogen-bond acceptors (Lipinski definition) is 2. The van der Waals surface area contributed by atoms with Crippen LogP contribution in [-0.2, 0) is 0 Å². The average Bonchev–Trinajstić information content (AvgIpc) is 2.50. The van der Waals surface area contributed by atoms with E-state index in [0.717, 1.165) is 11.2 Å². The fraction of sp³-hybridized carbons (Fsp3) is 0.111. The fourth-order valence-corrected chi connectivity index (χ4v) is 1.24. The molecule has 0 unspecified atom stereocenters. The van der Waals surface area contributed by atoms with Crippen LogP contribution in [0.3, 0.4) is 0 Å². The van der Waals surface area contributed by atoms with Crippen LogP contribution in [0, 0.1) is 18.3 Å². The molecule has 0 radical (unpaired) electrons. The van der Waals surface area contributed by atoms with E-state index in [4.69, 9.17) is 5.26 Å². The molecule has 0 fully saturated rings. The molecule has 2 heterocycles. The van der Waals surface area contributed by atoms with E-state index in [2.05, 4.69) is 11.1 Å². The van der Waals surface area contributed by atoms with E-state index in [9.17, 15) is 0 Å². The topological polar surface area (TPSA) is 41.1 Å². The van der Waals surface area contributed by atoms with Crippen LogP contribution in [0.5, 0.6) is 0 Å². The molecule has 0 aliphatic heterocycles. The highest BCUT2D eigenvalue weighted by Crippen LogP contribution is 2.08. The first-order chi connectivity index (χ1) is 5.81. The van der Waals surface area contributed by atoms with Gasteiger partial charge >= 0.3 is 0 Å². The van der Waals surface area contributed by atoms with Gasteiger partial charge in [0.15, 0.2) is 0 Å². The number of imidazole rings is 1. The lowest BCUT2D eigenvalue weighted by Gasteiger charge is -1.97. The molecule has 3 nitrogen and oxygen atoms in total. The first-order valence-corrected chi connectivity index (χ1v) is 3.65. The number of hydrogen-bond donors (Lipinski definition) is 0. The predicted molar refractivity (Wildman–Crippen MR) is 44.6 cm³/mol. The van der Waals surface area contributed by atoms with Crippen LogP contribution in [-0.4, -0.2) is 9.38 Å². The second kappa shape index (κ2) is 2.35. The van der Waals surface area contributed by atoms with Gasteiger partial charge in [-0.15, -0.1) is 0 Å². The molecule has 58 valence electrons. The van der Waals surface area contributed by atoms with Crippen molar-refractivity contribution in [2.24, 2.45) is 0 Å². The third-order valence-electron chi connectivity index (χ3n) is 1.76. The Bertz CT molecular complexity index is 462. The Morgan fingerprint density at radius 1 is 1.50 bits per heavy atom. The number of pyridine rings is 1. The van der Waals surface area contributed by atoms with Gasteiger partial charge in [0.05, 0.1) is 0 Å². The summed E-state index contributed by atoms with van der Waals surface area (Å²) in [6.07, 6.45) is 3.48. The summed E-state index contributed by atoms with van der Waals surface area (Å²) in [5.74, 6) is 0. The number of aryl methyl sites for hydroxylation is 1. The molecule has 2 aromatic heterocycles. The molecule has 0 bridgehead atoms. The second-order valence-corrected chi connectivity index (χ2v) is 2.69. The molecule has 0 saturated heterocycles. The highest BCUT2D eigenvalue weighted by Gasteiger charge is 1.99. The molecule has 3 heteroatoms. The molecule has 0 amide bonds. The van der Waals surface area contributed by atoms with Crippen LogP contribution in [0.2, 0.25) is 0 Å². The van der Waals surface area contributed by atoms with Crippen molar-refractivity contribution in [3.63, 3.8) is 0 Å². The molecule has 0 aliphatic rings. The highest BCUT2D eigenvalue weighted by atomic mass is 15.0. The van der Waals surface area contributed by atoms with E-state index < -0.39 is 0 Å². The van der Waals surface area contributed by atoms with Crippen molar-refractivity contribution in [3.8, 4) is 6.07 Å². The largest absolute Gasteiger partial charge is 0.291 e. The van der Waals surface area contributed by atoms with Gasteiger partial charge in [0.2, 0.25) is 0 Å². The normalized spacial score (nSPS) is 10.0. The summed E-state index contributed by atoms with van der Waals surface area (Å²) in [6.45, 7) is 1.95. The Morgan fingerprint density at radius 2 is 2.33 bits per heavy atom. The van der Waals surface area contributed by atoms with Crippen molar-refractivity contribution in [2.45, 2.75) is 6.92 Å². The van der Waals surface area contributed by atoms with E-state index in [1.807, 2.05) is 19.1 Å². The van der Waals surface area contributed by atoms with Gasteiger partial charge in [0, 0.05) is 12.4 Å². The third kappa shape index (κ3) is 0.857. The summed E-state index contributed by atoms with van der Waals surface area (Å²) in [7, 11) is 0. The lowest BCUT2D eigenvalue weighted by atomic mass is 10.2. The lowest BCUT2D eigenvalue weighted by molar-refractivity contribution is 1.13. The van der Waals surface area contributed by atoms with Crippen LogP contribution in [0.4, 0.5) is 0 Å². The average molecular weight is 157 g/mol. The summed E-state index contributed by atoms with van der Waals surface area (Å²) in [5, 5.41) is 8.78. The van der Waals surface area contributed by atoms with Crippen molar-refractivity contribution in [1.29, 1.82) is 5.26 Å². The van der Waals surface area contributed by atoms with Crippen LogP contribution < -0.4 is 0 Å². The van der Waals surface area contributed by atoms with Crippen molar-refractivity contribution < 1.29 is 0 Å². The minimum absolute atomic E-state index is 0.627. The maximum absolute atomic E-state index is 8.78. The zero-order chi connectivity index (χ0) is 8.55. The minimum atomic E-state index is 0.627. The quantitative estimate of drug-likeness (QED) is 0.581. The summed E-state index contributed by atoms with van der Waals surface area (Å²) in [5.41, 5.74) is 2.51. The number of nitrogens with zero attached hydrogens (tertiary/aromatic N) is 3. The van der Waals surface area contributed by atoms with Crippen LogP contribution >= 0.6 is 0 Å². The van der Waals surface area contributed by atoms with Gasteiger partial charge in [0.25, 0.3) is 0 Å². The number of rotatable bonds is 0. The molecule has 12 heavy (non-hydrogen) atoms. The van der Waals surface area contributed by atoms with Crippen molar-refractivity contribution in [3.05, 3.63) is 35.8 Å². The SMILES string of the molecule is Cc1cc(C#N)n2ccnc2c1. The molecule has 0 aliphatic carbocycles. The lowest BCUT2D eigenvalue weighted by Crippen LogP contribution is -1.91. The predicted octanol–water partition coefficient (Wildman–Crippen LogP) is 1.51. The molecule has 0 atom stereocenters. The molecule has 0 spiro atoms. The van der Waals surface area contributed by atoms with Crippen LogP contribution in [0.15, 0.2) is 24.5 Å². The van der Waals surface area contributed by atoms with Gasteiger partial charge in [0.1, 0.15) is 17.4 Å². The van der Waals surface area contributed by atoms with E-state index in [-0.39, 0.29) is 0 Å². The van der Waals surface area contributed by atoms with Crippen LogP contribution in [0.1, 0.15) is 11.3 Å². The molecule has 0 N–H and O–H groups in total. The summed E-state index contributed by atoms with van der Waals surface area (Å²) >= 11 is 0. The van der Waals surface area contributed by atoms with Gasteiger partial charge in [-0.3, -0.25) is 4.40 Å². The van der Waals surface area contributed by atoms with Gasteiger partial charge in [-0.1, -0.05) is 0 Å². The first-order valence-electron chi connectivity index (χ1n) is 3.65. The maximum atomic E-state index is 8.78. The fourth-order valence-electron chi connectivity index (χ4n) is 1.24. The molecule has 2 rings (SSSR count). The van der Waals surface area contributed by atoms with Gasteiger partial charge < -0.3 is 0 Å². The Labute approximate surface area is 69.9 Å². The zero-order valence-electron chi connectivity index (χ0n) is 6.65. The monoisotopic (exact) mass is 157 g/mol. The Balaban J connectivity index is 2.91. The maximum Gasteiger partial charge on any atom is 0.137 e. The Morgan fingerprint density at radius 3 is 3.08 bits per heavy atom. The Kier molecular flexibility index (Phi) is 1.34. The summed E-state index contributed by atoms with van der Waals surface area (Å²) in [4.78, 5) is 4.10. The van der Waals surface area contributed by atoms with Crippen LogP contribution in [0.25, 0.3) is 5.65 Å². The molecule has 0 aromatic carbocycles. The van der Waals surface area contributed by atoms with E-state index in [1.54, 1.807) is 16.8 Å². The minimum Gasteiger partial charge on any atom is -0.291 e. The Hall–Kier alpha value is -1.82. The molecular weight excluding hydrogens is 150 g/mol. The van der Waals surface area contributed by atoms with Gasteiger partial charge in [-0.2, -0.15) is 5.26 Å². The molecule has 0 saturated carbocycles. The zero-order valence-corrected chi connectivity index (χ0v) is 6.65. The van der Waals surface area contributed by atoms with E-state index >= 15 is 0 Å². The third-order valence-corrected chi connectivity index (χ3v) is 1.76. The number of fused-ring (bicyclic) bond motifs is 1.